The summed E-state index contributed by atoms with van der Waals surface area (Å²) in [5, 5.41) is 12.7. The maximum atomic E-state index is 12.7. The van der Waals surface area contributed by atoms with Gasteiger partial charge in [0.05, 0.1) is 28.0 Å². The zero-order chi connectivity index (χ0) is 50.2. The molecule has 0 aliphatic carbocycles. The van der Waals surface area contributed by atoms with Crippen LogP contribution < -0.4 is 0 Å². The van der Waals surface area contributed by atoms with Crippen LogP contribution in [0, 0.1) is 5.41 Å². The maximum absolute atomic E-state index is 12.7. The fourth-order valence-electron chi connectivity index (χ4n) is 9.10. The minimum absolute atomic E-state index is 0.00445. The Morgan fingerprint density at radius 3 is 1.76 bits per heavy atom. The number of phenols is 1. The number of aromatic hydroxyl groups is 1. The highest BCUT2D eigenvalue weighted by Crippen LogP contribution is 2.48. The average Bonchev–Trinajstić information content (AvgIpc) is 3.67. The largest absolute Gasteiger partial charge is 0.507 e. The Morgan fingerprint density at radius 1 is 0.515 bits per heavy atom. The molecule has 0 saturated carbocycles. The van der Waals surface area contributed by atoms with E-state index in [-0.39, 0.29) is 32.8 Å². The van der Waals surface area contributed by atoms with E-state index in [1.54, 1.807) is 0 Å². The SMILES string of the molecule is [2H]C(C)(C)c1ccc(-c2ccnc(-c3cc(-c4cccc5c4nc(-c4cc(C(C)(C)C)cc(C(C)(C)C)c4O)n5-c4ccc(C(C)(C)C(C)(C)C)cc4-c4ccccc4)cc(C(C)(C)C)c3)c2)cc1. The van der Waals surface area contributed by atoms with E-state index in [9.17, 15) is 5.11 Å². The van der Waals surface area contributed by atoms with E-state index < -0.39 is 5.89 Å². The number of rotatable bonds is 8. The van der Waals surface area contributed by atoms with Crippen molar-refractivity contribution in [2.75, 3.05) is 0 Å². The van der Waals surface area contributed by atoms with Crippen molar-refractivity contribution >= 4 is 11.0 Å². The lowest BCUT2D eigenvalue weighted by atomic mass is 9.65. The first kappa shape index (κ1) is 46.8. The normalized spacial score (nSPS) is 13.3. The van der Waals surface area contributed by atoms with Crippen LogP contribution >= 0.6 is 0 Å². The van der Waals surface area contributed by atoms with Gasteiger partial charge in [-0.05, 0) is 126 Å². The summed E-state index contributed by atoms with van der Waals surface area (Å²) in [5.41, 5.74) is 16.4. The van der Waals surface area contributed by atoms with Gasteiger partial charge in [-0.2, -0.15) is 0 Å². The van der Waals surface area contributed by atoms with E-state index in [1.165, 1.54) is 11.1 Å². The molecule has 0 radical (unpaired) electrons. The summed E-state index contributed by atoms with van der Waals surface area (Å²) in [6, 6.07) is 47.9. The van der Waals surface area contributed by atoms with Crippen molar-refractivity contribution in [1.82, 2.24) is 14.5 Å². The Labute approximate surface area is 409 Å². The molecule has 0 aliphatic rings. The summed E-state index contributed by atoms with van der Waals surface area (Å²) in [6.07, 6.45) is 1.90. The minimum Gasteiger partial charge on any atom is -0.507 e. The van der Waals surface area contributed by atoms with Crippen molar-refractivity contribution in [3.05, 3.63) is 167 Å². The highest BCUT2D eigenvalue weighted by molar-refractivity contribution is 5.98. The average molecular weight is 901 g/mol. The smallest absolute Gasteiger partial charge is 0.149 e. The summed E-state index contributed by atoms with van der Waals surface area (Å²) in [6.45, 7) is 35.5. The topological polar surface area (TPSA) is 50.9 Å². The van der Waals surface area contributed by atoms with Gasteiger partial charge >= 0.3 is 0 Å². The number of phenolic OH excluding ortho intramolecular Hbond substituents is 1. The van der Waals surface area contributed by atoms with Crippen molar-refractivity contribution < 1.29 is 6.48 Å². The van der Waals surface area contributed by atoms with Gasteiger partial charge in [-0.1, -0.05) is 196 Å². The van der Waals surface area contributed by atoms with Crippen molar-refractivity contribution in [3.8, 4) is 67.5 Å². The number of hydrogen-bond acceptors (Lipinski definition) is 3. The van der Waals surface area contributed by atoms with E-state index in [4.69, 9.17) is 11.3 Å². The number of hydrogen-bond donors (Lipinski definition) is 1. The number of nitrogens with zero attached hydrogens (tertiary/aromatic N) is 3. The summed E-state index contributed by atoms with van der Waals surface area (Å²) in [7, 11) is 0. The zero-order valence-corrected chi connectivity index (χ0v) is 43.6. The summed E-state index contributed by atoms with van der Waals surface area (Å²) in [4.78, 5) is 10.7. The highest BCUT2D eigenvalue weighted by atomic mass is 16.3. The van der Waals surface area contributed by atoms with Crippen molar-refractivity contribution in [1.29, 1.82) is 0 Å². The fourth-order valence-corrected chi connectivity index (χ4v) is 9.10. The Morgan fingerprint density at radius 2 is 1.15 bits per heavy atom. The molecule has 0 amide bonds. The third-order valence-corrected chi connectivity index (χ3v) is 14.6. The number of benzene rings is 6. The molecule has 6 aromatic carbocycles. The standard InChI is InChI=1S/C64H73N3O/c1-40(2)41-25-27-42(28-26-41)44-31-32-65-54(36-44)46-33-45(34-48(35-46)60(3,4)5)50-23-20-24-56-57(50)66-59(52-38-49(61(6,7)8)39-53(58(52)68)62(9,10)11)67(56)55-30-29-47(64(15,16)63(12,13)14)37-51(55)43-21-18-17-19-22-43/h17-40,68H,1-16H3/i40D. The number of pyridine rings is 1. The van der Waals surface area contributed by atoms with Gasteiger partial charge in [0.15, 0.2) is 0 Å². The van der Waals surface area contributed by atoms with Crippen LogP contribution in [0.4, 0.5) is 0 Å². The second-order valence-electron chi connectivity index (χ2n) is 23.9. The second-order valence-corrected chi connectivity index (χ2v) is 23.9. The first-order valence-corrected chi connectivity index (χ1v) is 24.4. The van der Waals surface area contributed by atoms with Crippen LogP contribution in [-0.4, -0.2) is 19.6 Å². The first-order chi connectivity index (χ1) is 32.0. The van der Waals surface area contributed by atoms with E-state index in [0.717, 1.165) is 78.0 Å². The molecular formula is C64H73N3O. The molecule has 2 aromatic heterocycles. The Kier molecular flexibility index (Phi) is 12.0. The Hall–Kier alpha value is -6.26. The summed E-state index contributed by atoms with van der Waals surface area (Å²) < 4.78 is 10.8. The molecule has 350 valence electrons. The zero-order valence-electron chi connectivity index (χ0n) is 44.6. The molecule has 0 aliphatic heterocycles. The molecule has 1 N–H and O–H groups in total. The van der Waals surface area contributed by atoms with Crippen LogP contribution in [-0.2, 0) is 21.7 Å². The van der Waals surface area contributed by atoms with Gasteiger partial charge in [0.1, 0.15) is 11.6 Å². The molecule has 68 heavy (non-hydrogen) atoms. The number of aromatic nitrogens is 3. The van der Waals surface area contributed by atoms with Crippen LogP contribution in [0.25, 0.3) is 72.7 Å². The molecular weight excluding hydrogens is 827 g/mol. The molecule has 0 fully saturated rings. The van der Waals surface area contributed by atoms with Crippen LogP contribution in [0.1, 0.15) is 146 Å². The van der Waals surface area contributed by atoms with Gasteiger partial charge < -0.3 is 5.11 Å². The van der Waals surface area contributed by atoms with E-state index in [0.29, 0.717) is 11.4 Å². The summed E-state index contributed by atoms with van der Waals surface area (Å²) >= 11 is 0. The molecule has 4 heteroatoms. The lowest BCUT2D eigenvalue weighted by molar-refractivity contribution is 0.225. The minimum atomic E-state index is -0.671. The number of para-hydroxylation sites is 1. The Balaban J connectivity index is 1.44. The van der Waals surface area contributed by atoms with Gasteiger partial charge in [0, 0.05) is 29.8 Å². The molecule has 0 unspecified atom stereocenters. The van der Waals surface area contributed by atoms with Gasteiger partial charge in [0.2, 0.25) is 0 Å². The lowest BCUT2D eigenvalue weighted by Crippen LogP contribution is -2.34. The number of fused-ring (bicyclic) bond motifs is 1. The predicted molar refractivity (Wildman–Crippen MR) is 290 cm³/mol. The molecule has 8 rings (SSSR count). The molecule has 0 saturated heterocycles. The van der Waals surface area contributed by atoms with E-state index >= 15 is 0 Å². The molecule has 4 nitrogen and oxygen atoms in total. The maximum Gasteiger partial charge on any atom is 0.149 e. The van der Waals surface area contributed by atoms with Gasteiger partial charge in [0.25, 0.3) is 0 Å². The second kappa shape index (κ2) is 17.4. The third-order valence-electron chi connectivity index (χ3n) is 14.6. The highest BCUT2D eigenvalue weighted by Gasteiger charge is 2.36. The molecule has 8 aromatic rings. The van der Waals surface area contributed by atoms with Crippen LogP contribution in [0.5, 0.6) is 5.75 Å². The number of imidazole rings is 1. The monoisotopic (exact) mass is 901 g/mol. The van der Waals surface area contributed by atoms with Gasteiger partial charge in [-0.25, -0.2) is 4.98 Å². The van der Waals surface area contributed by atoms with Crippen molar-refractivity contribution in [2.24, 2.45) is 5.41 Å². The van der Waals surface area contributed by atoms with Crippen molar-refractivity contribution in [2.45, 2.75) is 138 Å². The van der Waals surface area contributed by atoms with Gasteiger partial charge in [-0.3, -0.25) is 9.55 Å². The van der Waals surface area contributed by atoms with Crippen LogP contribution in [0.3, 0.4) is 0 Å². The van der Waals surface area contributed by atoms with E-state index in [1.807, 2.05) is 20.0 Å². The fraction of sp³-hybridized carbons (Fsp3) is 0.344. The lowest BCUT2D eigenvalue weighted by Gasteiger charge is -2.40. The Bertz CT molecular complexity index is 3190. The van der Waals surface area contributed by atoms with Crippen LogP contribution in [0.15, 0.2) is 140 Å². The molecule has 2 heterocycles. The first-order valence-electron chi connectivity index (χ1n) is 24.9. The molecule has 0 atom stereocenters. The molecule has 0 bridgehead atoms. The van der Waals surface area contributed by atoms with E-state index in [2.05, 4.69) is 235 Å². The molecule has 0 spiro atoms. The van der Waals surface area contributed by atoms with Crippen molar-refractivity contribution in [3.63, 3.8) is 0 Å². The predicted octanol–water partition coefficient (Wildman–Crippen LogP) is 17.8. The quantitative estimate of drug-likeness (QED) is 0.165. The van der Waals surface area contributed by atoms with Gasteiger partial charge in [-0.15, -0.1) is 0 Å². The summed E-state index contributed by atoms with van der Waals surface area (Å²) in [5.74, 6) is 0.268. The third kappa shape index (κ3) is 9.19. The van der Waals surface area contributed by atoms with Crippen LogP contribution in [0.2, 0.25) is 0 Å².